The van der Waals surface area contributed by atoms with Crippen LogP contribution in [0.5, 0.6) is 0 Å². The summed E-state index contributed by atoms with van der Waals surface area (Å²) >= 11 is 0. The minimum Gasteiger partial charge on any atom is -0.344 e. The van der Waals surface area contributed by atoms with Crippen LogP contribution in [0.1, 0.15) is 26.7 Å². The van der Waals surface area contributed by atoms with E-state index in [2.05, 4.69) is 0 Å². The molecule has 0 atom stereocenters. The van der Waals surface area contributed by atoms with Crippen molar-refractivity contribution < 1.29 is 13.2 Å². The number of hydrogen-bond acceptors (Lipinski definition) is 4. The largest absolute Gasteiger partial charge is 0.344 e. The van der Waals surface area contributed by atoms with E-state index in [-0.39, 0.29) is 18.2 Å². The third-order valence-electron chi connectivity index (χ3n) is 3.34. The first-order valence-corrected chi connectivity index (χ1v) is 7.92. The van der Waals surface area contributed by atoms with Gasteiger partial charge in [0.2, 0.25) is 5.91 Å². The van der Waals surface area contributed by atoms with E-state index in [9.17, 15) is 13.2 Å². The van der Waals surface area contributed by atoms with Gasteiger partial charge in [0, 0.05) is 26.4 Å². The molecule has 0 spiro atoms. The molecule has 0 saturated heterocycles. The molecular formula is C11H24N2O3S. The molecule has 0 aliphatic rings. The Kier molecular flexibility index (Phi) is 6.12. The first-order chi connectivity index (χ1) is 7.72. The first kappa shape index (κ1) is 16.4. The molecule has 0 aromatic rings. The third-order valence-corrected chi connectivity index (χ3v) is 4.27. The van der Waals surface area contributed by atoms with Gasteiger partial charge in [-0.05, 0) is 12.8 Å². The van der Waals surface area contributed by atoms with E-state index >= 15 is 0 Å². The van der Waals surface area contributed by atoms with Crippen molar-refractivity contribution in [3.05, 3.63) is 0 Å². The number of rotatable bonds is 7. The molecule has 1 amide bonds. The summed E-state index contributed by atoms with van der Waals surface area (Å²) in [6, 6.07) is 0. The third kappa shape index (κ3) is 4.63. The zero-order valence-electron chi connectivity index (χ0n) is 11.2. The van der Waals surface area contributed by atoms with Crippen LogP contribution >= 0.6 is 0 Å². The Labute approximate surface area is 104 Å². The summed E-state index contributed by atoms with van der Waals surface area (Å²) in [7, 11) is -1.42. The van der Waals surface area contributed by atoms with Crippen LogP contribution in [0.15, 0.2) is 0 Å². The molecule has 0 aromatic carbocycles. The second kappa shape index (κ2) is 6.35. The van der Waals surface area contributed by atoms with Crippen LogP contribution in [-0.4, -0.2) is 51.4 Å². The molecule has 17 heavy (non-hydrogen) atoms. The van der Waals surface area contributed by atoms with Crippen LogP contribution < -0.4 is 5.73 Å². The van der Waals surface area contributed by atoms with Gasteiger partial charge in [0.25, 0.3) is 0 Å². The lowest BCUT2D eigenvalue weighted by Gasteiger charge is -2.33. The van der Waals surface area contributed by atoms with Gasteiger partial charge in [-0.3, -0.25) is 4.79 Å². The van der Waals surface area contributed by atoms with Crippen LogP contribution in [0, 0.1) is 5.41 Å². The van der Waals surface area contributed by atoms with Crippen molar-refractivity contribution in [1.29, 1.82) is 0 Å². The van der Waals surface area contributed by atoms with Crippen LogP contribution in [0.3, 0.4) is 0 Å². The normalized spacial score (nSPS) is 12.5. The molecule has 0 unspecified atom stereocenters. The summed E-state index contributed by atoms with van der Waals surface area (Å²) in [6.45, 7) is 4.37. The van der Waals surface area contributed by atoms with Gasteiger partial charge in [-0.1, -0.05) is 13.8 Å². The molecule has 0 fully saturated rings. The van der Waals surface area contributed by atoms with Gasteiger partial charge in [0.05, 0.1) is 11.2 Å². The van der Waals surface area contributed by atoms with Crippen molar-refractivity contribution in [3.8, 4) is 0 Å². The average Bonchev–Trinajstić information content (AvgIpc) is 2.27. The van der Waals surface area contributed by atoms with Gasteiger partial charge in [-0.2, -0.15) is 0 Å². The standard InChI is InChI=1S/C11H24N2O3S/c1-5-11(6-2,9-12)10(14)13(3)7-8-17(4,15)16/h5-9,12H2,1-4H3. The molecule has 0 bridgehead atoms. The molecule has 0 rings (SSSR count). The van der Waals surface area contributed by atoms with Crippen molar-refractivity contribution in [2.75, 3.05) is 32.1 Å². The van der Waals surface area contributed by atoms with Crippen molar-refractivity contribution in [2.24, 2.45) is 11.1 Å². The summed E-state index contributed by atoms with van der Waals surface area (Å²) in [6.07, 6.45) is 2.51. The molecule has 0 aliphatic carbocycles. The quantitative estimate of drug-likeness (QED) is 0.715. The summed E-state index contributed by atoms with van der Waals surface area (Å²) < 4.78 is 22.1. The van der Waals surface area contributed by atoms with E-state index in [4.69, 9.17) is 5.73 Å². The predicted octanol–water partition coefficient (Wildman–Crippen LogP) is 0.255. The van der Waals surface area contributed by atoms with E-state index in [1.165, 1.54) is 11.2 Å². The molecule has 5 nitrogen and oxygen atoms in total. The zero-order valence-corrected chi connectivity index (χ0v) is 12.0. The molecule has 0 aliphatic heterocycles. The molecule has 102 valence electrons. The number of sulfone groups is 1. The fraction of sp³-hybridized carbons (Fsp3) is 0.909. The number of hydrogen-bond donors (Lipinski definition) is 1. The Morgan fingerprint density at radius 1 is 1.29 bits per heavy atom. The predicted molar refractivity (Wildman–Crippen MR) is 69.4 cm³/mol. The summed E-state index contributed by atoms with van der Waals surface area (Å²) in [4.78, 5) is 13.7. The minimum atomic E-state index is -3.04. The van der Waals surface area contributed by atoms with Gasteiger partial charge < -0.3 is 10.6 Å². The Morgan fingerprint density at radius 2 is 1.76 bits per heavy atom. The van der Waals surface area contributed by atoms with Crippen molar-refractivity contribution in [2.45, 2.75) is 26.7 Å². The lowest BCUT2D eigenvalue weighted by Crippen LogP contribution is -2.47. The van der Waals surface area contributed by atoms with Gasteiger partial charge in [0.1, 0.15) is 9.84 Å². The maximum atomic E-state index is 12.2. The smallest absolute Gasteiger partial charge is 0.229 e. The van der Waals surface area contributed by atoms with Gasteiger partial charge in [-0.15, -0.1) is 0 Å². The highest BCUT2D eigenvalue weighted by molar-refractivity contribution is 7.90. The van der Waals surface area contributed by atoms with Crippen LogP contribution in [0.25, 0.3) is 0 Å². The molecule has 0 saturated carbocycles. The molecule has 2 N–H and O–H groups in total. The summed E-state index contributed by atoms with van der Waals surface area (Å²) in [5.41, 5.74) is 5.13. The Bertz CT molecular complexity index is 339. The van der Waals surface area contributed by atoms with E-state index < -0.39 is 15.3 Å². The Hall–Kier alpha value is -0.620. The SMILES string of the molecule is CCC(CC)(CN)C(=O)N(C)CCS(C)(=O)=O. The van der Waals surface area contributed by atoms with Gasteiger partial charge in [0.15, 0.2) is 0 Å². The monoisotopic (exact) mass is 264 g/mol. The molecule has 0 radical (unpaired) electrons. The van der Waals surface area contributed by atoms with Gasteiger partial charge >= 0.3 is 0 Å². The molecule has 6 heteroatoms. The average molecular weight is 264 g/mol. The topological polar surface area (TPSA) is 80.5 Å². The number of carbonyl (C=O) groups excluding carboxylic acids is 1. The summed E-state index contributed by atoms with van der Waals surface area (Å²) in [5.74, 6) is -0.0720. The van der Waals surface area contributed by atoms with Crippen molar-refractivity contribution in [1.82, 2.24) is 4.90 Å². The maximum Gasteiger partial charge on any atom is 0.229 e. The number of nitrogens with zero attached hydrogens (tertiary/aromatic N) is 1. The number of amides is 1. The van der Waals surface area contributed by atoms with Crippen LogP contribution in [0.2, 0.25) is 0 Å². The maximum absolute atomic E-state index is 12.2. The second-order valence-corrected chi connectivity index (χ2v) is 6.81. The Balaban J connectivity index is 4.68. The Morgan fingerprint density at radius 3 is 2.06 bits per heavy atom. The van der Waals surface area contributed by atoms with Crippen molar-refractivity contribution >= 4 is 15.7 Å². The zero-order chi connectivity index (χ0) is 13.7. The van der Waals surface area contributed by atoms with E-state index in [0.717, 1.165) is 0 Å². The van der Waals surface area contributed by atoms with Crippen LogP contribution in [-0.2, 0) is 14.6 Å². The first-order valence-electron chi connectivity index (χ1n) is 5.85. The highest BCUT2D eigenvalue weighted by Crippen LogP contribution is 2.27. The summed E-state index contributed by atoms with van der Waals surface area (Å²) in [5, 5.41) is 0. The van der Waals surface area contributed by atoms with Gasteiger partial charge in [-0.25, -0.2) is 8.42 Å². The van der Waals surface area contributed by atoms with E-state index in [1.54, 1.807) is 7.05 Å². The molecular weight excluding hydrogens is 240 g/mol. The fourth-order valence-corrected chi connectivity index (χ4v) is 2.34. The minimum absolute atomic E-state index is 0.0106. The molecule has 0 heterocycles. The number of nitrogens with two attached hydrogens (primary N) is 1. The number of carbonyl (C=O) groups is 1. The highest BCUT2D eigenvalue weighted by atomic mass is 32.2. The van der Waals surface area contributed by atoms with E-state index in [0.29, 0.717) is 19.4 Å². The van der Waals surface area contributed by atoms with E-state index in [1.807, 2.05) is 13.8 Å². The second-order valence-electron chi connectivity index (χ2n) is 4.55. The van der Waals surface area contributed by atoms with Crippen LogP contribution in [0.4, 0.5) is 0 Å². The lowest BCUT2D eigenvalue weighted by molar-refractivity contribution is -0.140. The van der Waals surface area contributed by atoms with Crippen molar-refractivity contribution in [3.63, 3.8) is 0 Å². The highest BCUT2D eigenvalue weighted by Gasteiger charge is 2.35. The lowest BCUT2D eigenvalue weighted by atomic mass is 9.81. The fourth-order valence-electron chi connectivity index (χ4n) is 1.74. The molecule has 0 aromatic heterocycles.